The molecule has 7 heteroatoms. The fourth-order valence-electron chi connectivity index (χ4n) is 2.27. The van der Waals surface area contributed by atoms with Gasteiger partial charge in [-0.05, 0) is 38.0 Å². The Balaban J connectivity index is 1.77. The van der Waals surface area contributed by atoms with E-state index in [0.29, 0.717) is 18.6 Å². The molecular weight excluding hydrogens is 345 g/mol. The van der Waals surface area contributed by atoms with Gasteiger partial charge < -0.3 is 9.84 Å². The van der Waals surface area contributed by atoms with Crippen LogP contribution in [0.1, 0.15) is 31.4 Å². The van der Waals surface area contributed by atoms with E-state index in [1.165, 1.54) is 12.1 Å². The van der Waals surface area contributed by atoms with Gasteiger partial charge in [0.1, 0.15) is 24.3 Å². The summed E-state index contributed by atoms with van der Waals surface area (Å²) in [5.41, 5.74) is 0.191. The highest BCUT2D eigenvalue weighted by atomic mass is 32.2. The normalized spacial score (nSPS) is 19.3. The number of rotatable bonds is 8. The number of carbonyl (C=O) groups is 2. The van der Waals surface area contributed by atoms with Crippen LogP contribution in [0.2, 0.25) is 0 Å². The first-order valence-corrected chi connectivity index (χ1v) is 8.79. The van der Waals surface area contributed by atoms with E-state index in [-0.39, 0.29) is 28.6 Å². The Hall–Kier alpha value is -2.12. The standard InChI is InChI=1S/C18H20FNO4S/c1-2-12(7-3-6-10-16-17(22)20-18(23)25-16)24-11-15(21)13-8-4-5-9-14(13)19/h2-5,7-9,15-16,21H,6,10-11H2,1H3,(H,20,22,23)/b7-3-,12-2+. The predicted octanol–water partition coefficient (Wildman–Crippen LogP) is 3.47. The first-order chi connectivity index (χ1) is 12.0. The molecule has 0 bridgehead atoms. The van der Waals surface area contributed by atoms with Crippen LogP contribution in [0.3, 0.4) is 0 Å². The summed E-state index contributed by atoms with van der Waals surface area (Å²) in [6.45, 7) is 1.72. The molecule has 5 nitrogen and oxygen atoms in total. The zero-order chi connectivity index (χ0) is 18.2. The maximum atomic E-state index is 13.6. The van der Waals surface area contributed by atoms with Crippen molar-refractivity contribution in [1.82, 2.24) is 5.32 Å². The number of halogens is 1. The Morgan fingerprint density at radius 3 is 2.84 bits per heavy atom. The number of ether oxygens (including phenoxy) is 1. The minimum Gasteiger partial charge on any atom is -0.491 e. The van der Waals surface area contributed by atoms with Gasteiger partial charge in [-0.25, -0.2) is 4.39 Å². The number of aliphatic hydroxyl groups is 1. The summed E-state index contributed by atoms with van der Waals surface area (Å²) < 4.78 is 19.1. The van der Waals surface area contributed by atoms with Crippen molar-refractivity contribution in [2.45, 2.75) is 31.1 Å². The Kier molecular flexibility index (Phi) is 7.21. The molecule has 1 aromatic rings. The molecule has 1 heterocycles. The minimum absolute atomic E-state index is 0.0691. The fraction of sp³-hybridized carbons (Fsp3) is 0.333. The van der Waals surface area contributed by atoms with Crippen molar-refractivity contribution in [1.29, 1.82) is 0 Å². The summed E-state index contributed by atoms with van der Waals surface area (Å²) in [5.74, 6) is -0.188. The van der Waals surface area contributed by atoms with Crippen LogP contribution in [0.5, 0.6) is 0 Å². The third-order valence-electron chi connectivity index (χ3n) is 3.60. The molecule has 0 radical (unpaired) electrons. The molecule has 2 N–H and O–H groups in total. The van der Waals surface area contributed by atoms with Gasteiger partial charge in [0.2, 0.25) is 5.91 Å². The number of hydrogen-bond acceptors (Lipinski definition) is 5. The Labute approximate surface area is 149 Å². The van der Waals surface area contributed by atoms with E-state index >= 15 is 0 Å². The first kappa shape index (κ1) is 19.2. The average Bonchev–Trinajstić information content (AvgIpc) is 2.91. The Morgan fingerprint density at radius 2 is 2.20 bits per heavy atom. The lowest BCUT2D eigenvalue weighted by Gasteiger charge is -2.13. The number of carbonyl (C=O) groups excluding carboxylic acids is 2. The summed E-state index contributed by atoms with van der Waals surface area (Å²) in [6.07, 6.45) is 5.39. The zero-order valence-electron chi connectivity index (χ0n) is 13.8. The van der Waals surface area contributed by atoms with E-state index in [1.807, 2.05) is 6.08 Å². The molecule has 134 valence electrons. The second-order valence-electron chi connectivity index (χ2n) is 5.40. The third-order valence-corrected chi connectivity index (χ3v) is 4.65. The van der Waals surface area contributed by atoms with Crippen LogP contribution < -0.4 is 5.32 Å². The van der Waals surface area contributed by atoms with Crippen LogP contribution in [0.4, 0.5) is 9.18 Å². The second-order valence-corrected chi connectivity index (χ2v) is 6.58. The smallest absolute Gasteiger partial charge is 0.286 e. The quantitative estimate of drug-likeness (QED) is 0.545. The molecule has 2 amide bonds. The maximum Gasteiger partial charge on any atom is 0.286 e. The fourth-order valence-corrected chi connectivity index (χ4v) is 3.11. The molecule has 0 spiro atoms. The molecule has 1 saturated heterocycles. The van der Waals surface area contributed by atoms with Gasteiger partial charge in [-0.1, -0.05) is 36.0 Å². The molecule has 1 aromatic carbocycles. The molecule has 1 aliphatic heterocycles. The summed E-state index contributed by atoms with van der Waals surface area (Å²) in [5, 5.41) is 11.6. The zero-order valence-corrected chi connectivity index (χ0v) is 14.6. The summed E-state index contributed by atoms with van der Waals surface area (Å²) in [6, 6.07) is 6.01. The molecule has 0 aromatic heterocycles. The highest BCUT2D eigenvalue weighted by Gasteiger charge is 2.30. The summed E-state index contributed by atoms with van der Waals surface area (Å²) in [4.78, 5) is 22.5. The molecular formula is C18H20FNO4S. The molecule has 1 aliphatic rings. The van der Waals surface area contributed by atoms with E-state index in [2.05, 4.69) is 5.32 Å². The van der Waals surface area contributed by atoms with Crippen molar-refractivity contribution < 1.29 is 23.8 Å². The number of thioether (sulfide) groups is 1. The Bertz CT molecular complexity index is 689. The third kappa shape index (κ3) is 5.72. The van der Waals surface area contributed by atoms with Gasteiger partial charge in [0.05, 0.1) is 5.25 Å². The Morgan fingerprint density at radius 1 is 1.44 bits per heavy atom. The van der Waals surface area contributed by atoms with Gasteiger partial charge in [0, 0.05) is 5.56 Å². The molecule has 25 heavy (non-hydrogen) atoms. The number of hydrogen-bond donors (Lipinski definition) is 2. The van der Waals surface area contributed by atoms with E-state index in [0.717, 1.165) is 11.8 Å². The monoisotopic (exact) mass is 365 g/mol. The van der Waals surface area contributed by atoms with Crippen molar-refractivity contribution in [3.05, 3.63) is 59.6 Å². The van der Waals surface area contributed by atoms with Crippen LogP contribution in [-0.2, 0) is 9.53 Å². The lowest BCUT2D eigenvalue weighted by atomic mass is 10.1. The largest absolute Gasteiger partial charge is 0.491 e. The molecule has 0 saturated carbocycles. The number of benzene rings is 1. The summed E-state index contributed by atoms with van der Waals surface area (Å²) in [7, 11) is 0. The minimum atomic E-state index is -1.06. The number of imide groups is 1. The van der Waals surface area contributed by atoms with E-state index < -0.39 is 11.9 Å². The molecule has 2 unspecified atom stereocenters. The number of amides is 2. The number of nitrogens with one attached hydrogen (secondary N) is 1. The topological polar surface area (TPSA) is 75.6 Å². The van der Waals surface area contributed by atoms with Gasteiger partial charge in [-0.3, -0.25) is 14.9 Å². The second kappa shape index (κ2) is 9.39. The van der Waals surface area contributed by atoms with Gasteiger partial charge >= 0.3 is 0 Å². The first-order valence-electron chi connectivity index (χ1n) is 7.91. The number of allylic oxidation sites excluding steroid dienone is 3. The highest BCUT2D eigenvalue weighted by molar-refractivity contribution is 8.15. The van der Waals surface area contributed by atoms with E-state index in [1.54, 1.807) is 31.2 Å². The molecule has 0 aliphatic carbocycles. The van der Waals surface area contributed by atoms with Crippen molar-refractivity contribution >= 4 is 22.9 Å². The average molecular weight is 365 g/mol. The lowest BCUT2D eigenvalue weighted by molar-refractivity contribution is -0.119. The van der Waals surface area contributed by atoms with Gasteiger partial charge in [-0.2, -0.15) is 0 Å². The SMILES string of the molecule is C/C=C(\C=C/CCC1SC(=O)NC1=O)OCC(O)c1ccccc1F. The molecule has 2 atom stereocenters. The van der Waals surface area contributed by atoms with Crippen molar-refractivity contribution in [3.8, 4) is 0 Å². The summed E-state index contributed by atoms with van der Waals surface area (Å²) >= 11 is 1.00. The van der Waals surface area contributed by atoms with Gasteiger partial charge in [0.25, 0.3) is 5.24 Å². The molecule has 1 fully saturated rings. The van der Waals surface area contributed by atoms with Crippen LogP contribution in [0.25, 0.3) is 0 Å². The molecule has 2 rings (SSSR count). The maximum absolute atomic E-state index is 13.6. The van der Waals surface area contributed by atoms with Crippen LogP contribution >= 0.6 is 11.8 Å². The van der Waals surface area contributed by atoms with E-state index in [9.17, 15) is 19.1 Å². The van der Waals surface area contributed by atoms with Crippen molar-refractivity contribution in [3.63, 3.8) is 0 Å². The van der Waals surface area contributed by atoms with Gasteiger partial charge in [-0.15, -0.1) is 0 Å². The van der Waals surface area contributed by atoms with Crippen LogP contribution in [0, 0.1) is 5.82 Å². The highest BCUT2D eigenvalue weighted by Crippen LogP contribution is 2.23. The van der Waals surface area contributed by atoms with Crippen molar-refractivity contribution in [2.24, 2.45) is 0 Å². The van der Waals surface area contributed by atoms with Crippen molar-refractivity contribution in [2.75, 3.05) is 6.61 Å². The number of aliphatic hydroxyl groups excluding tert-OH is 1. The predicted molar refractivity (Wildman–Crippen MR) is 94.4 cm³/mol. The lowest BCUT2D eigenvalue weighted by Crippen LogP contribution is -2.23. The van der Waals surface area contributed by atoms with E-state index in [4.69, 9.17) is 4.74 Å². The van der Waals surface area contributed by atoms with Crippen LogP contribution in [0.15, 0.2) is 48.3 Å². The van der Waals surface area contributed by atoms with Crippen LogP contribution in [-0.4, -0.2) is 28.1 Å². The van der Waals surface area contributed by atoms with Gasteiger partial charge in [0.15, 0.2) is 0 Å².